The van der Waals surface area contributed by atoms with E-state index in [4.69, 9.17) is 5.73 Å². The summed E-state index contributed by atoms with van der Waals surface area (Å²) < 4.78 is 0. The molecular weight excluding hydrogens is 196 g/mol. The van der Waals surface area contributed by atoms with Gasteiger partial charge in [-0.1, -0.05) is 13.8 Å². The van der Waals surface area contributed by atoms with E-state index >= 15 is 0 Å². The Kier molecular flexibility index (Phi) is 5.52. The zero-order chi connectivity index (χ0) is 11.4. The van der Waals surface area contributed by atoms with Crippen molar-refractivity contribution in [3.8, 4) is 0 Å². The molecule has 14 heavy (non-hydrogen) atoms. The molecule has 2 unspecified atom stereocenters. The smallest absolute Gasteiger partial charge is 0.233 e. The number of nitrogens with one attached hydrogen (secondary N) is 1. The Labute approximate surface area is 91.2 Å². The lowest BCUT2D eigenvalue weighted by Crippen LogP contribution is -2.56. The first-order valence-corrected chi connectivity index (χ1v) is 6.21. The van der Waals surface area contributed by atoms with E-state index < -0.39 is 0 Å². The molecule has 0 aromatic rings. The molecule has 0 rings (SSSR count). The van der Waals surface area contributed by atoms with E-state index in [0.29, 0.717) is 12.5 Å². The summed E-state index contributed by atoms with van der Waals surface area (Å²) in [7, 11) is 0. The molecule has 0 saturated heterocycles. The molecule has 0 aromatic carbocycles. The minimum atomic E-state index is -0.291. The van der Waals surface area contributed by atoms with Crippen LogP contribution in [0.2, 0.25) is 0 Å². The van der Waals surface area contributed by atoms with Gasteiger partial charge in [0.1, 0.15) is 0 Å². The Balaban J connectivity index is 4.39. The molecule has 3 N–H and O–H groups in total. The van der Waals surface area contributed by atoms with Gasteiger partial charge in [0.15, 0.2) is 0 Å². The predicted molar refractivity (Wildman–Crippen MR) is 63.4 cm³/mol. The van der Waals surface area contributed by atoms with E-state index in [2.05, 4.69) is 19.2 Å². The highest BCUT2D eigenvalue weighted by molar-refractivity contribution is 7.99. The van der Waals surface area contributed by atoms with Crippen molar-refractivity contribution >= 4 is 17.7 Å². The number of amides is 1. The van der Waals surface area contributed by atoms with Gasteiger partial charge in [0.05, 0.1) is 10.8 Å². The van der Waals surface area contributed by atoms with Gasteiger partial charge in [0.2, 0.25) is 5.91 Å². The lowest BCUT2D eigenvalue weighted by Gasteiger charge is -2.34. The van der Waals surface area contributed by atoms with Crippen LogP contribution in [0.15, 0.2) is 0 Å². The summed E-state index contributed by atoms with van der Waals surface area (Å²) in [6.07, 6.45) is 1.93. The van der Waals surface area contributed by atoms with Gasteiger partial charge >= 0.3 is 0 Å². The van der Waals surface area contributed by atoms with Crippen LogP contribution in [0.4, 0.5) is 0 Å². The summed E-state index contributed by atoms with van der Waals surface area (Å²) in [5.41, 5.74) is 5.39. The van der Waals surface area contributed by atoms with Gasteiger partial charge in [-0.05, 0) is 26.0 Å². The van der Waals surface area contributed by atoms with Gasteiger partial charge in [-0.25, -0.2) is 0 Å². The highest BCUT2D eigenvalue weighted by Crippen LogP contribution is 2.16. The monoisotopic (exact) mass is 218 g/mol. The molecule has 0 aliphatic heterocycles. The van der Waals surface area contributed by atoms with E-state index in [-0.39, 0.29) is 16.7 Å². The van der Waals surface area contributed by atoms with Crippen LogP contribution in [-0.4, -0.2) is 29.5 Å². The molecule has 0 aromatic heterocycles. The van der Waals surface area contributed by atoms with Crippen molar-refractivity contribution in [1.82, 2.24) is 5.32 Å². The maximum absolute atomic E-state index is 11.7. The lowest BCUT2D eigenvalue weighted by atomic mass is 9.88. The Bertz CT molecular complexity index is 197. The molecule has 4 heteroatoms. The summed E-state index contributed by atoms with van der Waals surface area (Å²) in [4.78, 5) is 11.7. The molecule has 2 atom stereocenters. The quantitative estimate of drug-likeness (QED) is 0.729. The summed E-state index contributed by atoms with van der Waals surface area (Å²) in [5, 5.41) is 2.99. The number of nitrogens with two attached hydrogens (primary N) is 1. The van der Waals surface area contributed by atoms with Crippen molar-refractivity contribution < 1.29 is 4.79 Å². The van der Waals surface area contributed by atoms with Crippen molar-refractivity contribution in [3.05, 3.63) is 0 Å². The standard InChI is InChI=1S/C10H22N2OS/c1-7(2)10(4,6-11)12-9(13)8(3)14-5/h7-8H,6,11H2,1-5H3,(H,12,13). The number of hydrogen-bond acceptors (Lipinski definition) is 3. The molecule has 0 fully saturated rings. The van der Waals surface area contributed by atoms with Gasteiger partial charge in [0, 0.05) is 6.54 Å². The van der Waals surface area contributed by atoms with E-state index in [1.807, 2.05) is 20.1 Å². The van der Waals surface area contributed by atoms with Crippen molar-refractivity contribution in [3.63, 3.8) is 0 Å². The number of carbonyl (C=O) groups is 1. The molecule has 3 nitrogen and oxygen atoms in total. The third-order valence-corrected chi connectivity index (χ3v) is 3.75. The second kappa shape index (κ2) is 5.61. The van der Waals surface area contributed by atoms with Crippen LogP contribution < -0.4 is 11.1 Å². The van der Waals surface area contributed by atoms with Crippen LogP contribution in [0.25, 0.3) is 0 Å². The van der Waals surface area contributed by atoms with Crippen LogP contribution in [0, 0.1) is 5.92 Å². The van der Waals surface area contributed by atoms with Crippen molar-refractivity contribution in [1.29, 1.82) is 0 Å². The van der Waals surface area contributed by atoms with E-state index in [9.17, 15) is 4.79 Å². The minimum absolute atomic E-state index is 0.0142. The summed E-state index contributed by atoms with van der Waals surface area (Å²) >= 11 is 1.54. The maximum Gasteiger partial charge on any atom is 0.233 e. The van der Waals surface area contributed by atoms with Crippen LogP contribution in [0.5, 0.6) is 0 Å². The van der Waals surface area contributed by atoms with E-state index in [0.717, 1.165) is 0 Å². The molecular formula is C10H22N2OS. The van der Waals surface area contributed by atoms with Crippen LogP contribution in [0.3, 0.4) is 0 Å². The lowest BCUT2D eigenvalue weighted by molar-refractivity contribution is -0.122. The molecule has 0 heterocycles. The highest BCUT2D eigenvalue weighted by Gasteiger charge is 2.29. The summed E-state index contributed by atoms with van der Waals surface area (Å²) in [6, 6.07) is 0. The third-order valence-electron chi connectivity index (χ3n) is 2.83. The van der Waals surface area contributed by atoms with Crippen molar-refractivity contribution in [2.45, 2.75) is 38.5 Å². The van der Waals surface area contributed by atoms with Gasteiger partial charge in [0.25, 0.3) is 0 Å². The summed E-state index contributed by atoms with van der Waals surface area (Å²) in [6.45, 7) is 8.49. The predicted octanol–water partition coefficient (Wildman–Crippen LogP) is 1.23. The number of rotatable bonds is 5. The van der Waals surface area contributed by atoms with Crippen molar-refractivity contribution in [2.24, 2.45) is 11.7 Å². The number of carbonyl (C=O) groups excluding carboxylic acids is 1. The Morgan fingerprint density at radius 3 is 2.29 bits per heavy atom. The molecule has 0 bridgehead atoms. The van der Waals surface area contributed by atoms with Gasteiger partial charge in [-0.3, -0.25) is 4.79 Å². The van der Waals surface area contributed by atoms with Gasteiger partial charge in [-0.2, -0.15) is 11.8 Å². The first-order valence-electron chi connectivity index (χ1n) is 4.92. The average molecular weight is 218 g/mol. The fourth-order valence-electron chi connectivity index (χ4n) is 0.921. The molecule has 0 radical (unpaired) electrons. The molecule has 0 spiro atoms. The maximum atomic E-state index is 11.7. The SMILES string of the molecule is CSC(C)C(=O)NC(C)(CN)C(C)C. The Morgan fingerprint density at radius 1 is 1.50 bits per heavy atom. The van der Waals surface area contributed by atoms with Crippen molar-refractivity contribution in [2.75, 3.05) is 12.8 Å². The van der Waals surface area contributed by atoms with Gasteiger partial charge < -0.3 is 11.1 Å². The second-order valence-corrected chi connectivity index (χ2v) is 5.32. The zero-order valence-corrected chi connectivity index (χ0v) is 10.6. The molecule has 1 amide bonds. The average Bonchev–Trinajstić information content (AvgIpc) is 2.15. The first kappa shape index (κ1) is 13.8. The van der Waals surface area contributed by atoms with Crippen LogP contribution in [-0.2, 0) is 4.79 Å². The fraction of sp³-hybridized carbons (Fsp3) is 0.900. The highest BCUT2D eigenvalue weighted by atomic mass is 32.2. The van der Waals surface area contributed by atoms with Crippen LogP contribution in [0.1, 0.15) is 27.7 Å². The molecule has 84 valence electrons. The minimum Gasteiger partial charge on any atom is -0.348 e. The first-order chi connectivity index (χ1) is 6.37. The third kappa shape index (κ3) is 3.50. The largest absolute Gasteiger partial charge is 0.348 e. The molecule has 0 saturated carbocycles. The van der Waals surface area contributed by atoms with E-state index in [1.54, 1.807) is 11.8 Å². The fourth-order valence-corrected chi connectivity index (χ4v) is 1.19. The second-order valence-electron chi connectivity index (χ2n) is 4.14. The Morgan fingerprint density at radius 2 is 2.00 bits per heavy atom. The Hall–Kier alpha value is -0.220. The normalized spacial score (nSPS) is 17.6. The van der Waals surface area contributed by atoms with Gasteiger partial charge in [-0.15, -0.1) is 0 Å². The molecule has 0 aliphatic carbocycles. The number of hydrogen-bond donors (Lipinski definition) is 2. The van der Waals surface area contributed by atoms with Crippen LogP contribution >= 0.6 is 11.8 Å². The molecule has 0 aliphatic rings. The summed E-state index contributed by atoms with van der Waals surface area (Å²) in [5.74, 6) is 0.407. The van der Waals surface area contributed by atoms with E-state index in [1.165, 1.54) is 0 Å². The topological polar surface area (TPSA) is 55.1 Å². The zero-order valence-electron chi connectivity index (χ0n) is 9.76. The number of thioether (sulfide) groups is 1.